The van der Waals surface area contributed by atoms with Gasteiger partial charge in [0, 0.05) is 43.5 Å². The summed E-state index contributed by atoms with van der Waals surface area (Å²) in [6, 6.07) is 12.1. The van der Waals surface area contributed by atoms with Gasteiger partial charge >= 0.3 is 6.18 Å². The van der Waals surface area contributed by atoms with Crippen molar-refractivity contribution in [3.8, 4) is 5.75 Å². The van der Waals surface area contributed by atoms with Gasteiger partial charge in [-0.1, -0.05) is 6.07 Å². The highest BCUT2D eigenvalue weighted by Gasteiger charge is 2.36. The summed E-state index contributed by atoms with van der Waals surface area (Å²) in [6.07, 6.45) is -4.41. The summed E-state index contributed by atoms with van der Waals surface area (Å²) >= 11 is 0. The van der Waals surface area contributed by atoms with Gasteiger partial charge in [0.1, 0.15) is 11.8 Å². The fourth-order valence-electron chi connectivity index (χ4n) is 4.99. The molecule has 2 aromatic carbocycles. The van der Waals surface area contributed by atoms with E-state index in [-0.39, 0.29) is 5.56 Å². The number of hydrogen-bond acceptors (Lipinski definition) is 7. The van der Waals surface area contributed by atoms with Crippen molar-refractivity contribution in [2.45, 2.75) is 38.5 Å². The number of fused-ring (bicyclic) bond motifs is 1. The Labute approximate surface area is 223 Å². The number of ether oxygens (including phenoxy) is 1. The third-order valence-corrected chi connectivity index (χ3v) is 6.97. The first-order valence-corrected chi connectivity index (χ1v) is 12.6. The molecule has 0 bridgehead atoms. The molecule has 0 aliphatic carbocycles. The van der Waals surface area contributed by atoms with Crippen molar-refractivity contribution in [3.63, 3.8) is 0 Å². The molecule has 1 atom stereocenters. The summed E-state index contributed by atoms with van der Waals surface area (Å²) in [5.74, 6) is 1.15. The van der Waals surface area contributed by atoms with Gasteiger partial charge in [-0.15, -0.1) is 5.10 Å². The Balaban J connectivity index is 1.52. The van der Waals surface area contributed by atoms with E-state index in [9.17, 15) is 18.0 Å². The molecule has 1 aliphatic rings. The molecule has 0 unspecified atom stereocenters. The number of aromatic amines is 1. The fraction of sp³-hybridized carbons (Fsp3) is 0.407. The maximum atomic E-state index is 13.5. The molecule has 1 fully saturated rings. The topological polar surface area (TPSA) is 92.2 Å². The van der Waals surface area contributed by atoms with Crippen molar-refractivity contribution in [2.24, 2.45) is 0 Å². The van der Waals surface area contributed by atoms with Crippen LogP contribution >= 0.6 is 0 Å². The number of nitrogens with one attached hydrogen (secondary N) is 1. The van der Waals surface area contributed by atoms with E-state index < -0.39 is 23.3 Å². The van der Waals surface area contributed by atoms with Crippen LogP contribution in [-0.2, 0) is 11.7 Å². The predicted octanol–water partition coefficient (Wildman–Crippen LogP) is 4.21. The Bertz CT molecular complexity index is 1530. The van der Waals surface area contributed by atoms with Gasteiger partial charge in [0.05, 0.1) is 23.7 Å². The van der Waals surface area contributed by atoms with Gasteiger partial charge in [0.15, 0.2) is 5.82 Å². The van der Waals surface area contributed by atoms with Crippen molar-refractivity contribution >= 4 is 16.6 Å². The van der Waals surface area contributed by atoms with Crippen molar-refractivity contribution in [3.05, 3.63) is 75.8 Å². The fourth-order valence-corrected chi connectivity index (χ4v) is 4.99. The van der Waals surface area contributed by atoms with Crippen LogP contribution in [0.25, 0.3) is 10.9 Å². The number of piperazine rings is 1. The summed E-state index contributed by atoms with van der Waals surface area (Å²) in [4.78, 5) is 20.5. The molecule has 39 heavy (non-hydrogen) atoms. The lowest BCUT2D eigenvalue weighted by Gasteiger charge is -2.40. The van der Waals surface area contributed by atoms with E-state index in [1.807, 2.05) is 43.9 Å². The number of anilines is 1. The number of benzene rings is 2. The molecule has 3 heterocycles. The highest BCUT2D eigenvalue weighted by molar-refractivity contribution is 5.80. The van der Waals surface area contributed by atoms with E-state index in [0.29, 0.717) is 54.5 Å². The zero-order chi connectivity index (χ0) is 27.9. The lowest BCUT2D eigenvalue weighted by Crippen LogP contribution is -2.49. The molecule has 12 heteroatoms. The highest BCUT2D eigenvalue weighted by Crippen LogP contribution is 2.34. The second kappa shape index (κ2) is 9.99. The van der Waals surface area contributed by atoms with Crippen molar-refractivity contribution in [1.82, 2.24) is 30.1 Å². The smallest absolute Gasteiger partial charge is 0.416 e. The Morgan fingerprint density at radius 1 is 1.00 bits per heavy atom. The second-order valence-corrected chi connectivity index (χ2v) is 10.6. The highest BCUT2D eigenvalue weighted by atomic mass is 19.4. The van der Waals surface area contributed by atoms with E-state index in [1.54, 1.807) is 23.9 Å². The monoisotopic (exact) mass is 541 g/mol. The van der Waals surface area contributed by atoms with Gasteiger partial charge in [-0.2, -0.15) is 13.2 Å². The van der Waals surface area contributed by atoms with Gasteiger partial charge in [-0.3, -0.25) is 9.69 Å². The second-order valence-electron chi connectivity index (χ2n) is 10.6. The molecule has 5 rings (SSSR count). The lowest BCUT2D eigenvalue weighted by atomic mass is 10.0. The van der Waals surface area contributed by atoms with Crippen molar-refractivity contribution in [1.29, 1.82) is 0 Å². The van der Waals surface area contributed by atoms with Crippen molar-refractivity contribution < 1.29 is 17.9 Å². The number of rotatable bonds is 5. The number of halogens is 3. The number of H-pyrrole nitrogens is 1. The van der Waals surface area contributed by atoms with Crippen LogP contribution in [-0.4, -0.2) is 63.4 Å². The van der Waals surface area contributed by atoms with Crippen LogP contribution in [0, 0.1) is 0 Å². The third kappa shape index (κ3) is 5.33. The molecule has 0 radical (unpaired) electrons. The molecule has 2 aromatic heterocycles. The minimum atomic E-state index is -4.41. The van der Waals surface area contributed by atoms with Crippen LogP contribution in [0.1, 0.15) is 43.8 Å². The summed E-state index contributed by atoms with van der Waals surface area (Å²) in [5, 5.41) is 13.3. The van der Waals surface area contributed by atoms with E-state index >= 15 is 0 Å². The van der Waals surface area contributed by atoms with Crippen LogP contribution in [0.3, 0.4) is 0 Å². The Kier molecular flexibility index (Phi) is 6.83. The quantitative estimate of drug-likeness (QED) is 0.405. The summed E-state index contributed by atoms with van der Waals surface area (Å²) in [7, 11) is 1.56. The van der Waals surface area contributed by atoms with Crippen LogP contribution in [0.4, 0.5) is 18.9 Å². The van der Waals surface area contributed by atoms with Gasteiger partial charge in [-0.25, -0.2) is 4.68 Å². The van der Waals surface area contributed by atoms with E-state index in [0.717, 1.165) is 11.5 Å². The van der Waals surface area contributed by atoms with E-state index in [1.165, 1.54) is 12.1 Å². The summed E-state index contributed by atoms with van der Waals surface area (Å²) < 4.78 is 46.9. The summed E-state index contributed by atoms with van der Waals surface area (Å²) in [6.45, 7) is 7.84. The molecule has 4 aromatic rings. The SMILES string of the molecule is COc1ccc2cc([C@@H](c3nnnn3C(C)(C)C)N3CCN(c4cccc(C(F)(F)F)c4)CC3)c(=O)[nH]c2c1. The molecule has 1 N–H and O–H groups in total. The van der Waals surface area contributed by atoms with Gasteiger partial charge < -0.3 is 14.6 Å². The molecule has 206 valence electrons. The maximum absolute atomic E-state index is 13.5. The first kappa shape index (κ1) is 26.7. The molecule has 0 saturated carbocycles. The third-order valence-electron chi connectivity index (χ3n) is 6.97. The van der Waals surface area contributed by atoms with Crippen LogP contribution in [0.5, 0.6) is 5.75 Å². The molecular weight excluding hydrogens is 511 g/mol. The van der Waals surface area contributed by atoms with Gasteiger partial charge in [-0.05, 0) is 73.0 Å². The molecule has 1 aliphatic heterocycles. The Hall–Kier alpha value is -3.93. The van der Waals surface area contributed by atoms with Crippen LogP contribution in [0.15, 0.2) is 53.3 Å². The summed E-state index contributed by atoms with van der Waals surface area (Å²) in [5.41, 5.74) is 0.243. The van der Waals surface area contributed by atoms with Crippen LogP contribution in [0.2, 0.25) is 0 Å². The average molecular weight is 542 g/mol. The zero-order valence-corrected chi connectivity index (χ0v) is 22.2. The molecule has 9 nitrogen and oxygen atoms in total. The minimum Gasteiger partial charge on any atom is -0.497 e. The van der Waals surface area contributed by atoms with Crippen molar-refractivity contribution in [2.75, 3.05) is 38.2 Å². The Morgan fingerprint density at radius 2 is 1.74 bits per heavy atom. The normalized spacial score (nSPS) is 16.0. The number of alkyl halides is 3. The molecule has 0 spiro atoms. The van der Waals surface area contributed by atoms with E-state index in [4.69, 9.17) is 4.74 Å². The number of nitrogens with zero attached hydrogens (tertiary/aromatic N) is 6. The average Bonchev–Trinajstić information content (AvgIpc) is 3.39. The molecule has 0 amide bonds. The number of tetrazole rings is 1. The van der Waals surface area contributed by atoms with Crippen LogP contribution < -0.4 is 15.2 Å². The number of methoxy groups -OCH3 is 1. The maximum Gasteiger partial charge on any atom is 0.416 e. The lowest BCUT2D eigenvalue weighted by molar-refractivity contribution is -0.137. The molecular formula is C27H30F3N7O2. The molecule has 1 saturated heterocycles. The number of aromatic nitrogens is 5. The van der Waals surface area contributed by atoms with Gasteiger partial charge in [0.25, 0.3) is 5.56 Å². The predicted molar refractivity (Wildman–Crippen MR) is 141 cm³/mol. The zero-order valence-electron chi connectivity index (χ0n) is 22.2. The Morgan fingerprint density at radius 3 is 2.41 bits per heavy atom. The minimum absolute atomic E-state index is 0.274. The first-order valence-electron chi connectivity index (χ1n) is 12.6. The number of pyridine rings is 1. The van der Waals surface area contributed by atoms with Gasteiger partial charge in [0.2, 0.25) is 0 Å². The standard InChI is InChI=1S/C27H30F3N7O2/c1-26(2,3)37-24(32-33-34-37)23(21-14-17-8-9-20(39-4)16-22(17)31-25(21)38)36-12-10-35(11-13-36)19-7-5-6-18(15-19)27(28,29)30/h5-9,14-16,23H,10-13H2,1-4H3,(H,31,38)/t23-/m0/s1. The largest absolute Gasteiger partial charge is 0.497 e. The first-order chi connectivity index (χ1) is 18.5. The van der Waals surface area contributed by atoms with E-state index in [2.05, 4.69) is 25.4 Å². The number of hydrogen-bond donors (Lipinski definition) is 1.